The van der Waals surface area contributed by atoms with Crippen LogP contribution in [-0.4, -0.2) is 38.1 Å². The highest BCUT2D eigenvalue weighted by Gasteiger charge is 2.35. The quantitative estimate of drug-likeness (QED) is 0.640. The summed E-state index contributed by atoms with van der Waals surface area (Å²) in [5, 5.41) is 0. The number of ether oxygens (including phenoxy) is 1. The Morgan fingerprint density at radius 2 is 1.69 bits per heavy atom. The number of halogens is 2. The average Bonchev–Trinajstić information content (AvgIpc) is 3.57. The SMILES string of the molecule is COc1ccc(CN(C(=O)c2ccc(S(=O)(=O)C(F)F)cc2)[C@@H](C)C2CC2)cc1. The number of hydrogen-bond acceptors (Lipinski definition) is 4. The van der Waals surface area contributed by atoms with Crippen molar-refractivity contribution in [2.24, 2.45) is 5.92 Å². The molecule has 0 bridgehead atoms. The zero-order chi connectivity index (χ0) is 21.2. The van der Waals surface area contributed by atoms with Crippen LogP contribution < -0.4 is 4.74 Å². The van der Waals surface area contributed by atoms with Gasteiger partial charge in [0.25, 0.3) is 5.91 Å². The number of rotatable bonds is 8. The van der Waals surface area contributed by atoms with Gasteiger partial charge in [-0.1, -0.05) is 12.1 Å². The first-order chi connectivity index (χ1) is 13.7. The molecule has 3 rings (SSSR count). The first-order valence-corrected chi connectivity index (χ1v) is 10.8. The van der Waals surface area contributed by atoms with Crippen LogP contribution in [0.25, 0.3) is 0 Å². The summed E-state index contributed by atoms with van der Waals surface area (Å²) in [6, 6.07) is 12.1. The predicted molar refractivity (Wildman–Crippen MR) is 105 cm³/mol. The predicted octanol–water partition coefficient (Wildman–Crippen LogP) is 4.13. The molecule has 1 saturated carbocycles. The molecule has 2 aromatic rings. The molecule has 29 heavy (non-hydrogen) atoms. The zero-order valence-electron chi connectivity index (χ0n) is 16.2. The van der Waals surface area contributed by atoms with Crippen molar-refractivity contribution in [2.45, 2.75) is 43.0 Å². The Hall–Kier alpha value is -2.48. The fourth-order valence-electron chi connectivity index (χ4n) is 3.22. The molecule has 0 unspecified atom stereocenters. The van der Waals surface area contributed by atoms with Crippen LogP contribution in [0.15, 0.2) is 53.4 Å². The normalized spacial score (nSPS) is 15.2. The van der Waals surface area contributed by atoms with Gasteiger partial charge in [0.05, 0.1) is 12.0 Å². The largest absolute Gasteiger partial charge is 0.497 e. The summed E-state index contributed by atoms with van der Waals surface area (Å²) >= 11 is 0. The Morgan fingerprint density at radius 3 is 2.17 bits per heavy atom. The van der Waals surface area contributed by atoms with Crippen LogP contribution in [0.2, 0.25) is 0 Å². The minimum Gasteiger partial charge on any atom is -0.497 e. The number of carbonyl (C=O) groups excluding carboxylic acids is 1. The maximum Gasteiger partial charge on any atom is 0.341 e. The summed E-state index contributed by atoms with van der Waals surface area (Å²) < 4.78 is 53.8. The molecule has 0 saturated heterocycles. The van der Waals surface area contributed by atoms with E-state index in [0.29, 0.717) is 12.5 Å². The number of benzene rings is 2. The Kier molecular flexibility index (Phi) is 6.21. The first kappa shape index (κ1) is 21.2. The number of methoxy groups -OCH3 is 1. The third-order valence-electron chi connectivity index (χ3n) is 5.23. The topological polar surface area (TPSA) is 63.7 Å². The minimum atomic E-state index is -4.68. The van der Waals surface area contributed by atoms with Gasteiger partial charge in [0.1, 0.15) is 5.75 Å². The van der Waals surface area contributed by atoms with Crippen LogP contribution in [0.4, 0.5) is 8.78 Å². The van der Waals surface area contributed by atoms with Crippen molar-refractivity contribution in [3.8, 4) is 5.75 Å². The second kappa shape index (κ2) is 8.49. The molecule has 8 heteroatoms. The van der Waals surface area contributed by atoms with E-state index in [0.717, 1.165) is 36.3 Å². The summed E-state index contributed by atoms with van der Waals surface area (Å²) in [4.78, 5) is 14.4. The fraction of sp³-hybridized carbons (Fsp3) is 0.381. The summed E-state index contributed by atoms with van der Waals surface area (Å²) in [6.45, 7) is 2.38. The van der Waals surface area contributed by atoms with Crippen molar-refractivity contribution in [2.75, 3.05) is 7.11 Å². The van der Waals surface area contributed by atoms with E-state index in [1.54, 1.807) is 12.0 Å². The minimum absolute atomic E-state index is 0.00840. The molecule has 0 spiro atoms. The van der Waals surface area contributed by atoms with E-state index in [1.807, 2.05) is 31.2 Å². The third kappa shape index (κ3) is 4.75. The molecule has 0 radical (unpaired) electrons. The number of nitrogens with zero attached hydrogens (tertiary/aromatic N) is 1. The standard InChI is InChI=1S/C21H23F2NO4S/c1-14(16-5-6-16)24(13-15-3-9-18(28-2)10-4-15)20(25)17-7-11-19(12-8-17)29(26,27)21(22)23/h3-4,7-12,14,16,21H,5-6,13H2,1-2H3/t14-/m0/s1. The van der Waals surface area contributed by atoms with Crippen LogP contribution in [0.1, 0.15) is 35.7 Å². The maximum absolute atomic E-state index is 13.1. The van der Waals surface area contributed by atoms with Gasteiger partial charge in [0, 0.05) is 18.2 Å². The molecule has 0 aliphatic heterocycles. The molecule has 0 N–H and O–H groups in total. The molecular weight excluding hydrogens is 400 g/mol. The smallest absolute Gasteiger partial charge is 0.341 e. The lowest BCUT2D eigenvalue weighted by Crippen LogP contribution is -2.39. The average molecular weight is 423 g/mol. The highest BCUT2D eigenvalue weighted by Crippen LogP contribution is 2.36. The van der Waals surface area contributed by atoms with Gasteiger partial charge >= 0.3 is 5.76 Å². The second-order valence-corrected chi connectivity index (χ2v) is 9.11. The lowest BCUT2D eigenvalue weighted by atomic mass is 10.1. The molecule has 1 aliphatic rings. The van der Waals surface area contributed by atoms with Crippen molar-refractivity contribution in [3.05, 3.63) is 59.7 Å². The monoisotopic (exact) mass is 423 g/mol. The molecule has 156 valence electrons. The maximum atomic E-state index is 13.1. The third-order valence-corrected chi connectivity index (χ3v) is 6.63. The molecular formula is C21H23F2NO4S. The summed E-state index contributed by atoms with van der Waals surface area (Å²) in [7, 11) is -3.10. The van der Waals surface area contributed by atoms with Crippen LogP contribution in [0.3, 0.4) is 0 Å². The molecule has 2 aromatic carbocycles. The van der Waals surface area contributed by atoms with E-state index in [1.165, 1.54) is 12.1 Å². The van der Waals surface area contributed by atoms with Crippen molar-refractivity contribution < 1.29 is 26.7 Å². The van der Waals surface area contributed by atoms with Gasteiger partial charge in [-0.3, -0.25) is 4.79 Å². The second-order valence-electron chi connectivity index (χ2n) is 7.19. The Bertz CT molecular complexity index is 955. The number of hydrogen-bond donors (Lipinski definition) is 0. The van der Waals surface area contributed by atoms with E-state index in [9.17, 15) is 22.0 Å². The lowest BCUT2D eigenvalue weighted by molar-refractivity contribution is 0.0654. The molecule has 1 atom stereocenters. The summed E-state index contributed by atoms with van der Waals surface area (Å²) in [5.74, 6) is -2.61. The Balaban J connectivity index is 1.84. The van der Waals surface area contributed by atoms with Gasteiger partial charge in [0.2, 0.25) is 9.84 Å². The van der Waals surface area contributed by atoms with Gasteiger partial charge in [-0.05, 0) is 67.6 Å². The summed E-state index contributed by atoms with van der Waals surface area (Å²) in [5.41, 5.74) is 1.20. The van der Waals surface area contributed by atoms with Crippen molar-refractivity contribution >= 4 is 15.7 Å². The van der Waals surface area contributed by atoms with Gasteiger partial charge < -0.3 is 9.64 Å². The van der Waals surface area contributed by atoms with Gasteiger partial charge in [-0.25, -0.2) is 8.42 Å². The van der Waals surface area contributed by atoms with Crippen LogP contribution in [-0.2, 0) is 16.4 Å². The van der Waals surface area contributed by atoms with Gasteiger partial charge in [-0.2, -0.15) is 8.78 Å². The molecule has 1 amide bonds. The molecule has 1 aliphatic carbocycles. The number of carbonyl (C=O) groups is 1. The molecule has 0 aromatic heterocycles. The van der Waals surface area contributed by atoms with E-state index in [2.05, 4.69) is 0 Å². The van der Waals surface area contributed by atoms with Crippen LogP contribution >= 0.6 is 0 Å². The molecule has 0 heterocycles. The lowest BCUT2D eigenvalue weighted by Gasteiger charge is -2.30. The first-order valence-electron chi connectivity index (χ1n) is 9.30. The van der Waals surface area contributed by atoms with Gasteiger partial charge in [-0.15, -0.1) is 0 Å². The number of alkyl halides is 2. The Morgan fingerprint density at radius 1 is 1.10 bits per heavy atom. The fourth-order valence-corrected chi connectivity index (χ4v) is 3.94. The number of amides is 1. The van der Waals surface area contributed by atoms with Gasteiger partial charge in [0.15, 0.2) is 0 Å². The highest BCUT2D eigenvalue weighted by molar-refractivity contribution is 7.91. The number of sulfone groups is 1. The summed E-state index contributed by atoms with van der Waals surface area (Å²) in [6.07, 6.45) is 2.11. The van der Waals surface area contributed by atoms with Crippen LogP contribution in [0.5, 0.6) is 5.75 Å². The van der Waals surface area contributed by atoms with E-state index >= 15 is 0 Å². The Labute approximate surface area is 169 Å². The van der Waals surface area contributed by atoms with Crippen molar-refractivity contribution in [3.63, 3.8) is 0 Å². The zero-order valence-corrected chi connectivity index (χ0v) is 17.0. The molecule has 5 nitrogen and oxygen atoms in total. The van der Waals surface area contributed by atoms with Crippen LogP contribution in [0, 0.1) is 5.92 Å². The van der Waals surface area contributed by atoms with E-state index in [4.69, 9.17) is 4.74 Å². The van der Waals surface area contributed by atoms with Crippen molar-refractivity contribution in [1.82, 2.24) is 4.90 Å². The highest BCUT2D eigenvalue weighted by atomic mass is 32.2. The van der Waals surface area contributed by atoms with Crippen molar-refractivity contribution in [1.29, 1.82) is 0 Å². The van der Waals surface area contributed by atoms with E-state index in [-0.39, 0.29) is 17.5 Å². The molecule has 1 fully saturated rings. The van der Waals surface area contributed by atoms with E-state index < -0.39 is 20.5 Å².